The minimum Gasteiger partial charge on any atom is -0.468 e. The molecule has 1 fully saturated rings. The molecule has 148 valence electrons. The van der Waals surface area contributed by atoms with Gasteiger partial charge in [-0.1, -0.05) is 0 Å². The van der Waals surface area contributed by atoms with Crippen LogP contribution in [0.1, 0.15) is 17.7 Å². The first-order valence-electron chi connectivity index (χ1n) is 9.53. The lowest BCUT2D eigenvalue weighted by molar-refractivity contribution is 0.0454. The molecule has 1 atom stereocenters. The van der Waals surface area contributed by atoms with E-state index in [0.717, 1.165) is 30.8 Å². The minimum atomic E-state index is -0.365. The molecule has 6 nitrogen and oxygen atoms in total. The minimum absolute atomic E-state index is 0.120. The van der Waals surface area contributed by atoms with Crippen LogP contribution in [0.2, 0.25) is 0 Å². The average Bonchev–Trinajstić information content (AvgIpc) is 3.18. The van der Waals surface area contributed by atoms with Gasteiger partial charge in [-0.25, -0.2) is 4.39 Å². The van der Waals surface area contributed by atoms with Gasteiger partial charge in [-0.2, -0.15) is 0 Å². The van der Waals surface area contributed by atoms with Gasteiger partial charge in [0.2, 0.25) is 0 Å². The molecule has 1 aromatic carbocycles. The Bertz CT molecular complexity index is 986. The van der Waals surface area contributed by atoms with Crippen LogP contribution in [0.5, 0.6) is 0 Å². The van der Waals surface area contributed by atoms with Crippen LogP contribution in [0, 0.1) is 5.82 Å². The van der Waals surface area contributed by atoms with Crippen molar-refractivity contribution in [1.82, 2.24) is 14.8 Å². The molecule has 2 aromatic heterocycles. The lowest BCUT2D eigenvalue weighted by Crippen LogP contribution is -2.52. The van der Waals surface area contributed by atoms with Crippen molar-refractivity contribution in [1.29, 1.82) is 0 Å². The molecule has 2 N–H and O–H groups in total. The van der Waals surface area contributed by atoms with Crippen molar-refractivity contribution in [2.45, 2.75) is 25.6 Å². The van der Waals surface area contributed by atoms with E-state index in [1.54, 1.807) is 12.3 Å². The number of aliphatic hydroxyl groups is 1. The van der Waals surface area contributed by atoms with Crippen molar-refractivity contribution >= 4 is 10.9 Å². The van der Waals surface area contributed by atoms with Crippen molar-refractivity contribution in [3.8, 4) is 0 Å². The Morgan fingerprint density at radius 2 is 2.11 bits per heavy atom. The number of hydrogen-bond acceptors (Lipinski definition) is 5. The van der Waals surface area contributed by atoms with E-state index in [-0.39, 0.29) is 24.0 Å². The molecule has 0 saturated carbocycles. The van der Waals surface area contributed by atoms with Crippen molar-refractivity contribution in [2.75, 3.05) is 26.2 Å². The zero-order valence-electron chi connectivity index (χ0n) is 15.6. The first kappa shape index (κ1) is 18.9. The Labute approximate surface area is 162 Å². The first-order valence-corrected chi connectivity index (χ1v) is 9.53. The molecule has 0 amide bonds. The Hall–Kier alpha value is -2.48. The molecule has 7 heteroatoms. The highest BCUT2D eigenvalue weighted by atomic mass is 19.1. The van der Waals surface area contributed by atoms with Crippen molar-refractivity contribution in [2.24, 2.45) is 0 Å². The second kappa shape index (κ2) is 8.26. The number of hydrogen-bond donors (Lipinski definition) is 2. The highest BCUT2D eigenvalue weighted by Gasteiger charge is 2.27. The number of rotatable bonds is 6. The maximum atomic E-state index is 13.4. The SMILES string of the molecule is O=c1[nH]c2cc(F)ccc2cc1CN1CCN(Cc2ccco2)[C@H](CCO)C1. The number of furan rings is 1. The summed E-state index contributed by atoms with van der Waals surface area (Å²) in [6.45, 7) is 3.79. The number of H-pyrrole nitrogens is 1. The third-order valence-corrected chi connectivity index (χ3v) is 5.37. The van der Waals surface area contributed by atoms with Crippen LogP contribution in [0.4, 0.5) is 4.39 Å². The van der Waals surface area contributed by atoms with Gasteiger partial charge in [0.25, 0.3) is 5.56 Å². The fourth-order valence-corrected chi connectivity index (χ4v) is 3.91. The van der Waals surface area contributed by atoms with E-state index in [1.165, 1.54) is 12.1 Å². The van der Waals surface area contributed by atoms with Crippen LogP contribution in [0.3, 0.4) is 0 Å². The Balaban J connectivity index is 1.48. The Morgan fingerprint density at radius 3 is 2.89 bits per heavy atom. The summed E-state index contributed by atoms with van der Waals surface area (Å²) in [6.07, 6.45) is 2.34. The second-order valence-corrected chi connectivity index (χ2v) is 7.31. The van der Waals surface area contributed by atoms with Crippen LogP contribution >= 0.6 is 0 Å². The molecule has 0 radical (unpaired) electrons. The number of nitrogens with one attached hydrogen (secondary N) is 1. The number of halogens is 1. The molecule has 1 aliphatic rings. The highest BCUT2D eigenvalue weighted by molar-refractivity contribution is 5.78. The van der Waals surface area contributed by atoms with Crippen LogP contribution in [0.25, 0.3) is 10.9 Å². The maximum absolute atomic E-state index is 13.4. The van der Waals surface area contributed by atoms with Gasteiger partial charge in [0, 0.05) is 44.4 Å². The molecule has 3 aromatic rings. The molecule has 0 unspecified atom stereocenters. The zero-order valence-corrected chi connectivity index (χ0v) is 15.6. The Morgan fingerprint density at radius 1 is 1.21 bits per heavy atom. The molecule has 1 aliphatic heterocycles. The number of pyridine rings is 1. The van der Waals surface area contributed by atoms with Crippen LogP contribution in [0.15, 0.2) is 51.9 Å². The lowest BCUT2D eigenvalue weighted by atomic mass is 10.1. The summed E-state index contributed by atoms with van der Waals surface area (Å²) in [6, 6.07) is 10.3. The fourth-order valence-electron chi connectivity index (χ4n) is 3.91. The molecular weight excluding hydrogens is 361 g/mol. The van der Waals surface area contributed by atoms with Crippen molar-refractivity contribution in [3.05, 3.63) is 70.2 Å². The number of aliphatic hydroxyl groups excluding tert-OH is 1. The predicted octanol–water partition coefficient (Wildman–Crippen LogP) is 2.33. The van der Waals surface area contributed by atoms with Gasteiger partial charge >= 0.3 is 0 Å². The summed E-state index contributed by atoms with van der Waals surface area (Å²) in [7, 11) is 0. The predicted molar refractivity (Wildman–Crippen MR) is 104 cm³/mol. The fraction of sp³-hybridized carbons (Fsp3) is 0.381. The average molecular weight is 385 g/mol. The number of aromatic amines is 1. The zero-order chi connectivity index (χ0) is 19.5. The topological polar surface area (TPSA) is 72.7 Å². The number of fused-ring (bicyclic) bond motifs is 1. The molecule has 0 aliphatic carbocycles. The van der Waals surface area contributed by atoms with Crippen LogP contribution in [-0.4, -0.2) is 52.2 Å². The first-order chi connectivity index (χ1) is 13.6. The molecule has 0 spiro atoms. The van der Waals surface area contributed by atoms with E-state index in [2.05, 4.69) is 14.8 Å². The van der Waals surface area contributed by atoms with Crippen molar-refractivity contribution in [3.63, 3.8) is 0 Å². The van der Waals surface area contributed by atoms with E-state index in [4.69, 9.17) is 4.42 Å². The quantitative estimate of drug-likeness (QED) is 0.681. The van der Waals surface area contributed by atoms with Gasteiger partial charge in [-0.15, -0.1) is 0 Å². The number of aromatic nitrogens is 1. The highest BCUT2D eigenvalue weighted by Crippen LogP contribution is 2.19. The summed E-state index contributed by atoms with van der Waals surface area (Å²) >= 11 is 0. The van der Waals surface area contributed by atoms with E-state index in [9.17, 15) is 14.3 Å². The normalized spacial score (nSPS) is 18.7. The molecular formula is C21H24FN3O3. The van der Waals surface area contributed by atoms with E-state index in [1.807, 2.05) is 18.2 Å². The number of nitrogens with zero attached hydrogens (tertiary/aromatic N) is 2. The number of benzene rings is 1. The van der Waals surface area contributed by atoms with Crippen LogP contribution < -0.4 is 5.56 Å². The van der Waals surface area contributed by atoms with Gasteiger partial charge in [0.15, 0.2) is 0 Å². The van der Waals surface area contributed by atoms with Gasteiger partial charge in [-0.05, 0) is 48.2 Å². The van der Waals surface area contributed by atoms with Crippen molar-refractivity contribution < 1.29 is 13.9 Å². The monoisotopic (exact) mass is 385 g/mol. The second-order valence-electron chi connectivity index (χ2n) is 7.31. The third-order valence-electron chi connectivity index (χ3n) is 5.37. The molecule has 4 rings (SSSR count). The largest absolute Gasteiger partial charge is 0.468 e. The van der Waals surface area contributed by atoms with Gasteiger partial charge < -0.3 is 14.5 Å². The summed E-state index contributed by atoms with van der Waals surface area (Å²) in [5, 5.41) is 10.3. The molecule has 0 bridgehead atoms. The summed E-state index contributed by atoms with van der Waals surface area (Å²) < 4.78 is 18.8. The van der Waals surface area contributed by atoms with Crippen LogP contribution in [-0.2, 0) is 13.1 Å². The summed E-state index contributed by atoms with van der Waals surface area (Å²) in [5.74, 6) is 0.546. The van der Waals surface area contributed by atoms with Gasteiger partial charge in [0.1, 0.15) is 11.6 Å². The summed E-state index contributed by atoms with van der Waals surface area (Å²) in [5.41, 5.74) is 0.992. The van der Waals surface area contributed by atoms with E-state index >= 15 is 0 Å². The molecule has 28 heavy (non-hydrogen) atoms. The van der Waals surface area contributed by atoms with Gasteiger partial charge in [0.05, 0.1) is 18.3 Å². The lowest BCUT2D eigenvalue weighted by Gasteiger charge is -2.41. The molecule has 3 heterocycles. The standard InChI is InChI=1S/C21H24FN3O3/c22-17-4-3-15-10-16(21(27)23-20(15)11-17)12-24-6-7-25(18(13-24)5-8-26)14-19-2-1-9-28-19/h1-4,9-11,18,26H,5-8,12-14H2,(H,23,27)/t18-/m1/s1. The number of piperazine rings is 1. The third kappa shape index (κ3) is 4.16. The summed E-state index contributed by atoms with van der Waals surface area (Å²) in [4.78, 5) is 19.8. The maximum Gasteiger partial charge on any atom is 0.252 e. The van der Waals surface area contributed by atoms with E-state index in [0.29, 0.717) is 30.6 Å². The van der Waals surface area contributed by atoms with E-state index < -0.39 is 0 Å². The molecule has 1 saturated heterocycles. The van der Waals surface area contributed by atoms with Gasteiger partial charge in [-0.3, -0.25) is 14.6 Å². The smallest absolute Gasteiger partial charge is 0.252 e. The Kier molecular flexibility index (Phi) is 5.57.